The van der Waals surface area contributed by atoms with E-state index in [0.29, 0.717) is 13.2 Å². The van der Waals surface area contributed by atoms with Crippen LogP contribution in [0.4, 0.5) is 0 Å². The number of hydrogen-bond acceptors (Lipinski definition) is 4. The van der Waals surface area contributed by atoms with E-state index in [4.69, 9.17) is 9.84 Å². The molecule has 1 aliphatic rings. The van der Waals surface area contributed by atoms with Crippen LogP contribution in [0.15, 0.2) is 0 Å². The van der Waals surface area contributed by atoms with Crippen LogP contribution in [-0.4, -0.2) is 58.9 Å². The largest absolute Gasteiger partial charge is 0.481 e. The molecule has 0 radical (unpaired) electrons. The monoisotopic (exact) mass is 231 g/mol. The van der Waals surface area contributed by atoms with Crippen molar-refractivity contribution in [2.75, 3.05) is 19.7 Å². The normalized spacial score (nSPS) is 24.8. The van der Waals surface area contributed by atoms with Crippen molar-refractivity contribution in [2.24, 2.45) is 0 Å². The number of carbonyl (C=O) groups excluding carboxylic acids is 1. The molecule has 0 aromatic carbocycles. The topological polar surface area (TPSA) is 87.1 Å². The highest BCUT2D eigenvalue weighted by atomic mass is 16.5. The third kappa shape index (κ3) is 3.46. The molecule has 0 aliphatic carbocycles. The van der Waals surface area contributed by atoms with Crippen molar-refractivity contribution >= 4 is 11.9 Å². The Balaban J connectivity index is 2.39. The molecule has 6 heteroatoms. The zero-order chi connectivity index (χ0) is 12.1. The lowest BCUT2D eigenvalue weighted by Gasteiger charge is -2.15. The predicted molar refractivity (Wildman–Crippen MR) is 54.9 cm³/mol. The molecule has 0 aromatic heterocycles. The third-order valence-electron chi connectivity index (χ3n) is 2.52. The SMILES string of the molecule is CCOC1CN(C(=O)CCC(=O)O)CC1O. The molecular formula is C10H17NO5. The van der Waals surface area contributed by atoms with Crippen LogP contribution in [0.5, 0.6) is 0 Å². The van der Waals surface area contributed by atoms with E-state index in [1.807, 2.05) is 6.92 Å². The van der Waals surface area contributed by atoms with Crippen molar-refractivity contribution in [1.82, 2.24) is 4.90 Å². The molecule has 0 aromatic rings. The number of ether oxygens (including phenoxy) is 1. The van der Waals surface area contributed by atoms with Gasteiger partial charge in [-0.1, -0.05) is 0 Å². The van der Waals surface area contributed by atoms with Gasteiger partial charge in [-0.05, 0) is 6.92 Å². The van der Waals surface area contributed by atoms with Crippen molar-refractivity contribution in [1.29, 1.82) is 0 Å². The predicted octanol–water partition coefficient (Wildman–Crippen LogP) is -0.541. The second kappa shape index (κ2) is 5.81. The second-order valence-electron chi connectivity index (χ2n) is 3.75. The summed E-state index contributed by atoms with van der Waals surface area (Å²) in [7, 11) is 0. The summed E-state index contributed by atoms with van der Waals surface area (Å²) < 4.78 is 5.26. The maximum atomic E-state index is 11.5. The average Bonchev–Trinajstić information content (AvgIpc) is 2.57. The van der Waals surface area contributed by atoms with Crippen LogP contribution in [-0.2, 0) is 14.3 Å². The Morgan fingerprint density at radius 2 is 2.06 bits per heavy atom. The number of aliphatic carboxylic acids is 1. The van der Waals surface area contributed by atoms with Gasteiger partial charge >= 0.3 is 5.97 Å². The highest BCUT2D eigenvalue weighted by Crippen LogP contribution is 2.15. The van der Waals surface area contributed by atoms with Crippen LogP contribution >= 0.6 is 0 Å². The van der Waals surface area contributed by atoms with E-state index < -0.39 is 12.1 Å². The van der Waals surface area contributed by atoms with Gasteiger partial charge in [-0.25, -0.2) is 0 Å². The number of nitrogens with zero attached hydrogens (tertiary/aromatic N) is 1. The molecule has 92 valence electrons. The van der Waals surface area contributed by atoms with Crippen LogP contribution in [0.2, 0.25) is 0 Å². The summed E-state index contributed by atoms with van der Waals surface area (Å²) in [5, 5.41) is 18.0. The summed E-state index contributed by atoms with van der Waals surface area (Å²) in [6.07, 6.45) is -1.22. The van der Waals surface area contributed by atoms with Crippen LogP contribution in [0.25, 0.3) is 0 Å². The molecule has 1 heterocycles. The number of carboxylic acid groups (broad SMARTS) is 1. The number of amides is 1. The summed E-state index contributed by atoms with van der Waals surface area (Å²) in [4.78, 5) is 23.3. The third-order valence-corrected chi connectivity index (χ3v) is 2.52. The Hall–Kier alpha value is -1.14. The van der Waals surface area contributed by atoms with E-state index in [2.05, 4.69) is 0 Å². The maximum absolute atomic E-state index is 11.5. The van der Waals surface area contributed by atoms with E-state index >= 15 is 0 Å². The molecule has 0 spiro atoms. The number of β-amino-alcohol motifs (C(OH)–C–C–N with tert-alkyl or cyclic N) is 1. The Bertz CT molecular complexity index is 268. The summed E-state index contributed by atoms with van der Waals surface area (Å²) >= 11 is 0. The first-order chi connectivity index (χ1) is 7.54. The van der Waals surface area contributed by atoms with Gasteiger partial charge in [0.25, 0.3) is 0 Å². The minimum Gasteiger partial charge on any atom is -0.481 e. The number of hydrogen-bond donors (Lipinski definition) is 2. The Morgan fingerprint density at radius 3 is 2.62 bits per heavy atom. The molecule has 0 saturated carbocycles. The number of aliphatic hydroxyl groups is 1. The zero-order valence-corrected chi connectivity index (χ0v) is 9.26. The Labute approximate surface area is 93.8 Å². The summed E-state index contributed by atoms with van der Waals surface area (Å²) in [5.41, 5.74) is 0. The van der Waals surface area contributed by atoms with E-state index in [1.54, 1.807) is 0 Å². The van der Waals surface area contributed by atoms with Crippen LogP contribution < -0.4 is 0 Å². The molecule has 1 aliphatic heterocycles. The number of likely N-dealkylation sites (tertiary alicyclic amines) is 1. The van der Waals surface area contributed by atoms with Crippen molar-refractivity contribution in [3.8, 4) is 0 Å². The lowest BCUT2D eigenvalue weighted by Crippen LogP contribution is -2.30. The molecule has 1 fully saturated rings. The van der Waals surface area contributed by atoms with Gasteiger partial charge in [-0.3, -0.25) is 9.59 Å². The van der Waals surface area contributed by atoms with Gasteiger partial charge in [0.15, 0.2) is 0 Å². The fraction of sp³-hybridized carbons (Fsp3) is 0.800. The van der Waals surface area contributed by atoms with Crippen molar-refractivity contribution < 1.29 is 24.5 Å². The second-order valence-corrected chi connectivity index (χ2v) is 3.75. The van der Waals surface area contributed by atoms with E-state index in [9.17, 15) is 14.7 Å². The molecule has 16 heavy (non-hydrogen) atoms. The van der Waals surface area contributed by atoms with E-state index in [0.717, 1.165) is 0 Å². The molecule has 2 atom stereocenters. The van der Waals surface area contributed by atoms with Gasteiger partial charge in [0.05, 0.1) is 12.5 Å². The van der Waals surface area contributed by atoms with E-state index in [-0.39, 0.29) is 31.4 Å². The van der Waals surface area contributed by atoms with Gasteiger partial charge < -0.3 is 19.8 Å². The Morgan fingerprint density at radius 1 is 1.38 bits per heavy atom. The standard InChI is InChI=1S/C10H17NO5/c1-2-16-8-6-11(5-7(8)12)9(13)3-4-10(14)15/h7-8,12H,2-6H2,1H3,(H,14,15). The van der Waals surface area contributed by atoms with Crippen LogP contribution in [0.3, 0.4) is 0 Å². The maximum Gasteiger partial charge on any atom is 0.303 e. The minimum absolute atomic E-state index is 0.0269. The zero-order valence-electron chi connectivity index (χ0n) is 9.26. The molecule has 0 bridgehead atoms. The highest BCUT2D eigenvalue weighted by molar-refractivity contribution is 5.81. The molecule has 1 rings (SSSR count). The van der Waals surface area contributed by atoms with Crippen molar-refractivity contribution in [2.45, 2.75) is 32.0 Å². The smallest absolute Gasteiger partial charge is 0.303 e. The lowest BCUT2D eigenvalue weighted by atomic mass is 10.3. The Kier molecular flexibility index (Phi) is 4.70. The van der Waals surface area contributed by atoms with E-state index in [1.165, 1.54) is 4.90 Å². The van der Waals surface area contributed by atoms with Crippen molar-refractivity contribution in [3.05, 3.63) is 0 Å². The molecule has 2 N–H and O–H groups in total. The quantitative estimate of drug-likeness (QED) is 0.663. The van der Waals surface area contributed by atoms with Gasteiger partial charge in [-0.2, -0.15) is 0 Å². The molecule has 1 amide bonds. The summed E-state index contributed by atoms with van der Waals surface area (Å²) in [6.45, 7) is 2.87. The van der Waals surface area contributed by atoms with Gasteiger partial charge in [-0.15, -0.1) is 0 Å². The number of carboxylic acids is 1. The number of rotatable bonds is 5. The van der Waals surface area contributed by atoms with Crippen LogP contribution in [0.1, 0.15) is 19.8 Å². The van der Waals surface area contributed by atoms with Gasteiger partial charge in [0, 0.05) is 26.1 Å². The van der Waals surface area contributed by atoms with Gasteiger partial charge in [0.2, 0.25) is 5.91 Å². The first-order valence-electron chi connectivity index (χ1n) is 5.33. The molecule has 1 saturated heterocycles. The van der Waals surface area contributed by atoms with Gasteiger partial charge in [0.1, 0.15) is 6.10 Å². The summed E-state index contributed by atoms with van der Waals surface area (Å²) in [6, 6.07) is 0. The summed E-state index contributed by atoms with van der Waals surface area (Å²) in [5.74, 6) is -1.24. The first kappa shape index (κ1) is 12.9. The molecule has 2 unspecified atom stereocenters. The number of aliphatic hydroxyl groups excluding tert-OH is 1. The fourth-order valence-corrected chi connectivity index (χ4v) is 1.71. The number of carbonyl (C=O) groups is 2. The average molecular weight is 231 g/mol. The van der Waals surface area contributed by atoms with Crippen LogP contribution in [0, 0.1) is 0 Å². The fourth-order valence-electron chi connectivity index (χ4n) is 1.71. The lowest BCUT2D eigenvalue weighted by molar-refractivity contribution is -0.140. The first-order valence-corrected chi connectivity index (χ1v) is 5.33. The highest BCUT2D eigenvalue weighted by Gasteiger charge is 2.34. The molecule has 6 nitrogen and oxygen atoms in total. The molecular weight excluding hydrogens is 214 g/mol. The van der Waals surface area contributed by atoms with Crippen molar-refractivity contribution in [3.63, 3.8) is 0 Å². The minimum atomic E-state index is -0.991.